The average Bonchev–Trinajstić information content (AvgIpc) is 3.01. The first-order chi connectivity index (χ1) is 11.4. The summed E-state index contributed by atoms with van der Waals surface area (Å²) in [4.78, 5) is 1.27. The summed E-state index contributed by atoms with van der Waals surface area (Å²) in [6.07, 6.45) is 0. The van der Waals surface area contributed by atoms with Crippen LogP contribution >= 0.6 is 23.1 Å². The van der Waals surface area contributed by atoms with Gasteiger partial charge in [-0.3, -0.25) is 4.72 Å². The summed E-state index contributed by atoms with van der Waals surface area (Å²) < 4.78 is 28.5. The average molecular weight is 378 g/mol. The molecule has 0 aliphatic rings. The lowest BCUT2D eigenvalue weighted by atomic mass is 10.2. The van der Waals surface area contributed by atoms with Crippen LogP contribution in [0.25, 0.3) is 0 Å². The minimum atomic E-state index is -3.60. The van der Waals surface area contributed by atoms with Crippen molar-refractivity contribution in [1.29, 1.82) is 0 Å². The zero-order valence-electron chi connectivity index (χ0n) is 13.1. The number of rotatable bonds is 5. The van der Waals surface area contributed by atoms with E-state index in [1.807, 2.05) is 25.1 Å². The van der Waals surface area contributed by atoms with Crippen LogP contribution in [0.4, 0.5) is 5.69 Å². The van der Waals surface area contributed by atoms with Crippen molar-refractivity contribution in [3.8, 4) is 0 Å². The number of hydrogen-bond donors (Lipinski definition) is 1. The van der Waals surface area contributed by atoms with Crippen molar-refractivity contribution in [2.24, 2.45) is 0 Å². The van der Waals surface area contributed by atoms with E-state index >= 15 is 0 Å². The van der Waals surface area contributed by atoms with Crippen molar-refractivity contribution in [2.45, 2.75) is 28.0 Å². The molecule has 5 nitrogen and oxygen atoms in total. The molecule has 0 saturated carbocycles. The third-order valence-corrected chi connectivity index (χ3v) is 6.60. The molecule has 1 N–H and O–H groups in total. The second-order valence-electron chi connectivity index (χ2n) is 5.21. The van der Waals surface area contributed by atoms with E-state index in [1.165, 1.54) is 23.1 Å². The summed E-state index contributed by atoms with van der Waals surface area (Å²) in [7, 11) is -3.60. The SMILES string of the molecule is Cc1ccc(S(=O)(=O)Nc2ccc(Sc3nncs3)cc2)c(C)c1. The molecule has 0 aliphatic carbocycles. The van der Waals surface area contributed by atoms with Crippen LogP contribution in [0.1, 0.15) is 11.1 Å². The lowest BCUT2D eigenvalue weighted by Gasteiger charge is -2.11. The molecule has 3 aromatic rings. The first-order valence-electron chi connectivity index (χ1n) is 7.08. The van der Waals surface area contributed by atoms with Crippen LogP contribution in [0.5, 0.6) is 0 Å². The molecule has 0 radical (unpaired) electrons. The summed E-state index contributed by atoms with van der Waals surface area (Å²) in [5.74, 6) is 0. The van der Waals surface area contributed by atoms with Gasteiger partial charge >= 0.3 is 0 Å². The Morgan fingerprint density at radius 3 is 2.46 bits per heavy atom. The van der Waals surface area contributed by atoms with Crippen molar-refractivity contribution in [3.05, 3.63) is 59.1 Å². The zero-order valence-corrected chi connectivity index (χ0v) is 15.5. The van der Waals surface area contributed by atoms with Gasteiger partial charge < -0.3 is 0 Å². The first kappa shape index (κ1) is 16.9. The molecule has 1 aromatic heterocycles. The highest BCUT2D eigenvalue weighted by molar-refractivity contribution is 8.01. The van der Waals surface area contributed by atoms with E-state index in [-0.39, 0.29) is 0 Å². The molecular weight excluding hydrogens is 362 g/mol. The van der Waals surface area contributed by atoms with E-state index in [1.54, 1.807) is 36.7 Å². The topological polar surface area (TPSA) is 72.0 Å². The van der Waals surface area contributed by atoms with E-state index in [2.05, 4.69) is 14.9 Å². The van der Waals surface area contributed by atoms with Crippen LogP contribution in [-0.4, -0.2) is 18.6 Å². The van der Waals surface area contributed by atoms with E-state index in [0.717, 1.165) is 20.4 Å². The first-order valence-corrected chi connectivity index (χ1v) is 10.3. The Kier molecular flexibility index (Phi) is 4.88. The highest BCUT2D eigenvalue weighted by Crippen LogP contribution is 2.29. The molecule has 0 fully saturated rings. The van der Waals surface area contributed by atoms with Gasteiger partial charge in [0.2, 0.25) is 0 Å². The number of benzene rings is 2. The molecule has 0 amide bonds. The smallest absolute Gasteiger partial charge is 0.262 e. The molecule has 3 rings (SSSR count). The third kappa shape index (κ3) is 3.95. The number of nitrogens with one attached hydrogen (secondary N) is 1. The van der Waals surface area contributed by atoms with E-state index in [0.29, 0.717) is 10.6 Å². The lowest BCUT2D eigenvalue weighted by molar-refractivity contribution is 0.600. The van der Waals surface area contributed by atoms with Gasteiger partial charge in [-0.05, 0) is 49.7 Å². The number of aryl methyl sites for hydroxylation is 2. The van der Waals surface area contributed by atoms with Gasteiger partial charge in [0.25, 0.3) is 10.0 Å². The second-order valence-corrected chi connectivity index (χ2v) is 9.01. The normalized spacial score (nSPS) is 11.4. The van der Waals surface area contributed by atoms with Crippen LogP contribution in [0, 0.1) is 13.8 Å². The summed E-state index contributed by atoms with van der Waals surface area (Å²) in [6.45, 7) is 3.73. The molecule has 0 saturated heterocycles. The summed E-state index contributed by atoms with van der Waals surface area (Å²) in [6, 6.07) is 12.5. The minimum Gasteiger partial charge on any atom is -0.280 e. The molecule has 24 heavy (non-hydrogen) atoms. The maximum absolute atomic E-state index is 12.5. The molecule has 124 valence electrons. The van der Waals surface area contributed by atoms with Crippen LogP contribution in [0.2, 0.25) is 0 Å². The highest BCUT2D eigenvalue weighted by Gasteiger charge is 2.16. The summed E-state index contributed by atoms with van der Waals surface area (Å²) >= 11 is 2.95. The Balaban J connectivity index is 1.77. The Hall–Kier alpha value is -1.90. The van der Waals surface area contributed by atoms with Crippen LogP contribution in [-0.2, 0) is 10.0 Å². The summed E-state index contributed by atoms with van der Waals surface area (Å²) in [5, 5.41) is 7.76. The van der Waals surface area contributed by atoms with Gasteiger partial charge in [0.1, 0.15) is 5.51 Å². The molecular formula is C16H15N3O2S3. The standard InChI is InChI=1S/C16H15N3O2S3/c1-11-3-8-15(12(2)9-11)24(20,21)19-13-4-6-14(7-5-13)23-16-18-17-10-22-16/h3-10,19H,1-2H3. The Morgan fingerprint density at radius 2 is 1.83 bits per heavy atom. The lowest BCUT2D eigenvalue weighted by Crippen LogP contribution is -2.14. The predicted molar refractivity (Wildman–Crippen MR) is 97.2 cm³/mol. The molecule has 0 bridgehead atoms. The van der Waals surface area contributed by atoms with Crippen molar-refractivity contribution in [2.75, 3.05) is 4.72 Å². The maximum Gasteiger partial charge on any atom is 0.262 e. The fourth-order valence-electron chi connectivity index (χ4n) is 2.21. The van der Waals surface area contributed by atoms with E-state index in [4.69, 9.17) is 0 Å². The second kappa shape index (κ2) is 6.92. The number of sulfonamides is 1. The van der Waals surface area contributed by atoms with Gasteiger partial charge in [0.05, 0.1) is 4.90 Å². The van der Waals surface area contributed by atoms with Crippen LogP contribution in [0.15, 0.2) is 62.1 Å². The largest absolute Gasteiger partial charge is 0.280 e. The Morgan fingerprint density at radius 1 is 1.08 bits per heavy atom. The number of hydrogen-bond acceptors (Lipinski definition) is 6. The minimum absolute atomic E-state index is 0.292. The number of nitrogens with zero attached hydrogens (tertiary/aromatic N) is 2. The van der Waals surface area contributed by atoms with Gasteiger partial charge in [0, 0.05) is 10.6 Å². The van der Waals surface area contributed by atoms with Gasteiger partial charge in [-0.2, -0.15) is 0 Å². The van der Waals surface area contributed by atoms with Crippen molar-refractivity contribution < 1.29 is 8.42 Å². The summed E-state index contributed by atoms with van der Waals surface area (Å²) in [5.41, 5.74) is 3.96. The van der Waals surface area contributed by atoms with Gasteiger partial charge in [0.15, 0.2) is 4.34 Å². The van der Waals surface area contributed by atoms with Gasteiger partial charge in [-0.1, -0.05) is 40.8 Å². The monoisotopic (exact) mass is 377 g/mol. The molecule has 0 unspecified atom stereocenters. The van der Waals surface area contributed by atoms with Crippen LogP contribution in [0.3, 0.4) is 0 Å². The molecule has 8 heteroatoms. The van der Waals surface area contributed by atoms with Gasteiger partial charge in [-0.25, -0.2) is 8.42 Å². The Labute approximate surface area is 149 Å². The van der Waals surface area contributed by atoms with E-state index < -0.39 is 10.0 Å². The van der Waals surface area contributed by atoms with Crippen molar-refractivity contribution >= 4 is 38.8 Å². The number of aromatic nitrogens is 2. The Bertz CT molecular complexity index is 937. The predicted octanol–water partition coefficient (Wildman–Crippen LogP) is 4.11. The fourth-order valence-corrected chi connectivity index (χ4v) is 4.95. The van der Waals surface area contributed by atoms with Crippen molar-refractivity contribution in [1.82, 2.24) is 10.2 Å². The molecule has 0 spiro atoms. The van der Waals surface area contributed by atoms with E-state index in [9.17, 15) is 8.42 Å². The zero-order chi connectivity index (χ0) is 17.2. The number of anilines is 1. The molecule has 1 heterocycles. The highest BCUT2D eigenvalue weighted by atomic mass is 32.2. The molecule has 0 aliphatic heterocycles. The molecule has 2 aromatic carbocycles. The fraction of sp³-hybridized carbons (Fsp3) is 0.125. The quantitative estimate of drug-likeness (QED) is 0.724. The maximum atomic E-state index is 12.5. The third-order valence-electron chi connectivity index (χ3n) is 3.27. The van der Waals surface area contributed by atoms with Gasteiger partial charge in [-0.15, -0.1) is 10.2 Å². The molecule has 0 atom stereocenters. The van der Waals surface area contributed by atoms with Crippen molar-refractivity contribution in [3.63, 3.8) is 0 Å². The van der Waals surface area contributed by atoms with Crippen LogP contribution < -0.4 is 4.72 Å².